The van der Waals surface area contributed by atoms with Gasteiger partial charge in [-0.1, -0.05) is 36.4 Å². The van der Waals surface area contributed by atoms with E-state index < -0.39 is 6.00 Å². The molecule has 0 heterocycles. The largest absolute Gasteiger partial charge is 0.344 e. The Bertz CT molecular complexity index is 447. The molecule has 0 fully saturated rings. The van der Waals surface area contributed by atoms with Crippen molar-refractivity contribution in [3.05, 3.63) is 48.6 Å². The van der Waals surface area contributed by atoms with Crippen molar-refractivity contribution in [1.29, 1.82) is 0 Å². The molecule has 0 unspecified atom stereocenters. The minimum Gasteiger partial charge on any atom is -0.274 e. The van der Waals surface area contributed by atoms with Crippen molar-refractivity contribution >= 4 is 51.4 Å². The van der Waals surface area contributed by atoms with Gasteiger partial charge in [0.1, 0.15) is 0 Å². The topological polar surface area (TPSA) is 41.5 Å². The summed E-state index contributed by atoms with van der Waals surface area (Å²) in [5, 5.41) is 3.76. The van der Waals surface area contributed by atoms with Gasteiger partial charge in [0.25, 0.3) is 0 Å². The van der Waals surface area contributed by atoms with Crippen LogP contribution in [-0.4, -0.2) is 18.1 Å². The first kappa shape index (κ1) is 20.2. The van der Waals surface area contributed by atoms with Crippen LogP contribution in [0.25, 0.3) is 0 Å². The molecular formula is C14H19Cl3N2OSi. The average Bonchev–Trinajstić information content (AvgIpc) is 2.38. The van der Waals surface area contributed by atoms with Crippen LogP contribution >= 0.6 is 33.2 Å². The number of amides is 1. The molecule has 0 bridgehead atoms. The standard InChI is InChI=1S/C11H14N2O.C3H5Cl3Si/c1-10(14)13-12-9-5-8-11-6-3-2-4-7-11;1-2-3-7(4,5)6/h2-4,6-7,9H,5,8H2,1H3,(H,13,14);2H,1,3H2/b12-9-;. The lowest BCUT2D eigenvalue weighted by atomic mass is 10.1. The van der Waals surface area contributed by atoms with E-state index in [0.29, 0.717) is 6.04 Å². The molecule has 1 aromatic rings. The van der Waals surface area contributed by atoms with Crippen molar-refractivity contribution in [2.24, 2.45) is 5.10 Å². The number of aryl methyl sites for hydroxylation is 1. The number of rotatable bonds is 6. The third-order valence-electron chi connectivity index (χ3n) is 2.09. The smallest absolute Gasteiger partial charge is 0.274 e. The molecule has 3 nitrogen and oxygen atoms in total. The number of carbonyl (C=O) groups is 1. The van der Waals surface area contributed by atoms with Crippen molar-refractivity contribution in [1.82, 2.24) is 5.43 Å². The number of carbonyl (C=O) groups excluding carboxylic acids is 1. The van der Waals surface area contributed by atoms with Gasteiger partial charge >= 0.3 is 6.00 Å². The Morgan fingerprint density at radius 3 is 2.38 bits per heavy atom. The number of nitrogens with zero attached hydrogens (tertiary/aromatic N) is 1. The van der Waals surface area contributed by atoms with Crippen LogP contribution in [0.3, 0.4) is 0 Å². The first-order valence-corrected chi connectivity index (χ1v) is 11.6. The zero-order valence-corrected chi connectivity index (χ0v) is 15.1. The van der Waals surface area contributed by atoms with E-state index in [1.807, 2.05) is 18.2 Å². The van der Waals surface area contributed by atoms with Crippen LogP contribution in [0.1, 0.15) is 18.9 Å². The molecule has 1 rings (SSSR count). The highest BCUT2D eigenvalue weighted by Crippen LogP contribution is 2.24. The zero-order chi connectivity index (χ0) is 16.1. The predicted octanol–water partition coefficient (Wildman–Crippen LogP) is 4.57. The van der Waals surface area contributed by atoms with Crippen LogP contribution in [0.4, 0.5) is 0 Å². The maximum Gasteiger partial charge on any atom is 0.344 e. The molecule has 0 atom stereocenters. The van der Waals surface area contributed by atoms with Gasteiger partial charge in [-0.25, -0.2) is 5.43 Å². The van der Waals surface area contributed by atoms with Crippen molar-refractivity contribution < 1.29 is 4.79 Å². The number of hydrazone groups is 1. The van der Waals surface area contributed by atoms with Gasteiger partial charge < -0.3 is 0 Å². The Kier molecular flexibility index (Phi) is 11.3. The van der Waals surface area contributed by atoms with E-state index in [4.69, 9.17) is 33.2 Å². The predicted molar refractivity (Wildman–Crippen MR) is 95.4 cm³/mol. The Balaban J connectivity index is 0.000000486. The summed E-state index contributed by atoms with van der Waals surface area (Å²) in [5.41, 5.74) is 3.64. The third kappa shape index (κ3) is 15.4. The summed E-state index contributed by atoms with van der Waals surface area (Å²) in [6.45, 7) is 4.87. The van der Waals surface area contributed by atoms with Crippen LogP contribution in [0.15, 0.2) is 48.1 Å². The van der Waals surface area contributed by atoms with E-state index in [0.717, 1.165) is 12.8 Å². The second-order valence-electron chi connectivity index (χ2n) is 4.11. The highest BCUT2D eigenvalue weighted by atomic mass is 35.8. The Morgan fingerprint density at radius 2 is 1.95 bits per heavy atom. The molecule has 0 saturated heterocycles. The highest BCUT2D eigenvalue weighted by Gasteiger charge is 2.21. The maximum atomic E-state index is 10.5. The first-order valence-electron chi connectivity index (χ1n) is 6.35. The lowest BCUT2D eigenvalue weighted by Gasteiger charge is -1.99. The van der Waals surface area contributed by atoms with Gasteiger partial charge in [-0.05, 0) is 18.4 Å². The molecule has 0 radical (unpaired) electrons. The molecule has 1 N–H and O–H groups in total. The molecule has 7 heteroatoms. The normalized spacial score (nSPS) is 10.7. The molecule has 0 aliphatic carbocycles. The molecule has 0 spiro atoms. The Morgan fingerprint density at radius 1 is 1.33 bits per heavy atom. The van der Waals surface area contributed by atoms with Crippen molar-refractivity contribution in [3.63, 3.8) is 0 Å². The van der Waals surface area contributed by atoms with Gasteiger partial charge in [0.05, 0.1) is 0 Å². The maximum absolute atomic E-state index is 10.5. The van der Waals surface area contributed by atoms with Crippen molar-refractivity contribution in [2.45, 2.75) is 25.8 Å². The lowest BCUT2D eigenvalue weighted by Crippen LogP contribution is -2.12. The van der Waals surface area contributed by atoms with E-state index in [1.165, 1.54) is 12.5 Å². The fourth-order valence-electron chi connectivity index (χ4n) is 1.24. The van der Waals surface area contributed by atoms with Gasteiger partial charge in [0, 0.05) is 19.2 Å². The second kappa shape index (κ2) is 11.8. The zero-order valence-electron chi connectivity index (χ0n) is 11.9. The highest BCUT2D eigenvalue weighted by molar-refractivity contribution is 7.64. The van der Waals surface area contributed by atoms with Crippen LogP contribution in [0.2, 0.25) is 6.04 Å². The molecule has 0 saturated carbocycles. The lowest BCUT2D eigenvalue weighted by molar-refractivity contribution is -0.118. The number of hydrogen-bond acceptors (Lipinski definition) is 2. The van der Waals surface area contributed by atoms with Gasteiger partial charge in [-0.2, -0.15) is 5.10 Å². The molecular weight excluding hydrogens is 347 g/mol. The fourth-order valence-corrected chi connectivity index (χ4v) is 2.55. The number of halogens is 3. The number of hydrogen-bond donors (Lipinski definition) is 1. The van der Waals surface area contributed by atoms with Gasteiger partial charge in [-0.15, -0.1) is 39.8 Å². The number of benzene rings is 1. The summed E-state index contributed by atoms with van der Waals surface area (Å²) in [7, 11) is 0. The monoisotopic (exact) mass is 364 g/mol. The van der Waals surface area contributed by atoms with Crippen LogP contribution < -0.4 is 5.43 Å². The molecule has 1 amide bonds. The van der Waals surface area contributed by atoms with Gasteiger partial charge in [0.2, 0.25) is 5.91 Å². The summed E-state index contributed by atoms with van der Waals surface area (Å²) in [5.74, 6) is -0.138. The SMILES string of the molecule is C=CC[Si](Cl)(Cl)Cl.CC(=O)N/N=C\CCc1ccccc1. The van der Waals surface area contributed by atoms with Crippen molar-refractivity contribution in [2.75, 3.05) is 0 Å². The van der Waals surface area contributed by atoms with E-state index >= 15 is 0 Å². The molecule has 116 valence electrons. The fraction of sp³-hybridized carbons (Fsp3) is 0.286. The van der Waals surface area contributed by atoms with E-state index in [-0.39, 0.29) is 5.91 Å². The second-order valence-corrected chi connectivity index (χ2v) is 13.3. The summed E-state index contributed by atoms with van der Waals surface area (Å²) in [4.78, 5) is 10.5. The molecule has 0 aliphatic rings. The Hall–Kier alpha value is -0.813. The van der Waals surface area contributed by atoms with Crippen LogP contribution in [0.5, 0.6) is 0 Å². The van der Waals surface area contributed by atoms with E-state index in [2.05, 4.69) is 29.2 Å². The van der Waals surface area contributed by atoms with Crippen molar-refractivity contribution in [3.8, 4) is 0 Å². The summed E-state index contributed by atoms with van der Waals surface area (Å²) in [6.07, 6.45) is 5.13. The number of allylic oxidation sites excluding steroid dienone is 1. The summed E-state index contributed by atoms with van der Waals surface area (Å²) in [6, 6.07) is 8.36. The quantitative estimate of drug-likeness (QED) is 0.259. The van der Waals surface area contributed by atoms with E-state index in [1.54, 1.807) is 12.3 Å². The van der Waals surface area contributed by atoms with E-state index in [9.17, 15) is 4.79 Å². The molecule has 0 aliphatic heterocycles. The minimum atomic E-state index is -2.36. The average molecular weight is 366 g/mol. The summed E-state index contributed by atoms with van der Waals surface area (Å²) >= 11 is 16.3. The van der Waals surface area contributed by atoms with Gasteiger partial charge in [-0.3, -0.25) is 4.79 Å². The molecule has 1 aromatic carbocycles. The third-order valence-corrected chi connectivity index (χ3v) is 4.23. The summed E-state index contributed by atoms with van der Waals surface area (Å²) < 4.78 is 0. The van der Waals surface area contributed by atoms with Gasteiger partial charge in [0.15, 0.2) is 0 Å². The number of nitrogens with one attached hydrogen (secondary N) is 1. The van der Waals surface area contributed by atoms with Crippen LogP contribution in [-0.2, 0) is 11.2 Å². The minimum absolute atomic E-state index is 0.138. The Labute approximate surface area is 141 Å². The van der Waals surface area contributed by atoms with Crippen LogP contribution in [0, 0.1) is 0 Å². The molecule has 21 heavy (non-hydrogen) atoms. The molecule has 0 aromatic heterocycles. The first-order chi connectivity index (χ1) is 9.85.